The van der Waals surface area contributed by atoms with Crippen LogP contribution in [-0.2, 0) is 19.1 Å². The van der Waals surface area contributed by atoms with Crippen LogP contribution in [0.3, 0.4) is 0 Å². The Hall–Kier alpha value is -1.05. The molecule has 0 heterocycles. The number of ether oxygens (including phenoxy) is 2. The lowest BCUT2D eigenvalue weighted by Crippen LogP contribution is -2.24. The van der Waals surface area contributed by atoms with Gasteiger partial charge in [0.05, 0.1) is 6.61 Å². The van der Waals surface area contributed by atoms with Gasteiger partial charge >= 0.3 is 11.9 Å². The maximum atomic E-state index is 11.1. The molecule has 0 aromatic rings. The molecular formula is C15H28O6S. The third kappa shape index (κ3) is 10.6. The first-order valence-corrected chi connectivity index (χ1v) is 9.86. The highest BCUT2D eigenvalue weighted by molar-refractivity contribution is 8.33. The minimum atomic E-state index is -1.23. The van der Waals surface area contributed by atoms with Crippen molar-refractivity contribution in [1.29, 1.82) is 0 Å². The Bertz CT molecular complexity index is 378. The van der Waals surface area contributed by atoms with Crippen molar-refractivity contribution in [2.24, 2.45) is 0 Å². The van der Waals surface area contributed by atoms with Gasteiger partial charge < -0.3 is 19.7 Å². The number of rotatable bonds is 11. The average molecular weight is 336 g/mol. The predicted octanol–water partition coefficient (Wildman–Crippen LogP) is 1.41. The fraction of sp³-hybridized carbons (Fsp3) is 0.733. The zero-order valence-corrected chi connectivity index (χ0v) is 14.6. The molecule has 1 unspecified atom stereocenters. The highest BCUT2D eigenvalue weighted by Gasteiger charge is 2.15. The molecule has 0 aromatic carbocycles. The summed E-state index contributed by atoms with van der Waals surface area (Å²) in [4.78, 5) is 21.3. The molecule has 6 nitrogen and oxygen atoms in total. The molecule has 0 saturated heterocycles. The van der Waals surface area contributed by atoms with E-state index in [0.29, 0.717) is 17.9 Å². The quantitative estimate of drug-likeness (QED) is 0.337. The van der Waals surface area contributed by atoms with Gasteiger partial charge in [-0.05, 0) is 29.9 Å². The van der Waals surface area contributed by atoms with Crippen LogP contribution in [0.15, 0.2) is 12.2 Å². The highest BCUT2D eigenvalue weighted by Crippen LogP contribution is 2.45. The number of carboxylic acids is 1. The van der Waals surface area contributed by atoms with Crippen molar-refractivity contribution in [3.8, 4) is 0 Å². The Morgan fingerprint density at radius 1 is 1.18 bits per heavy atom. The van der Waals surface area contributed by atoms with E-state index < -0.39 is 28.1 Å². The van der Waals surface area contributed by atoms with E-state index in [2.05, 4.69) is 31.1 Å². The summed E-state index contributed by atoms with van der Waals surface area (Å²) in [5.41, 5.74) is 0. The number of carboxylic acid groups (broad SMARTS) is 1. The third-order valence-electron chi connectivity index (χ3n) is 3.33. The summed E-state index contributed by atoms with van der Waals surface area (Å²) < 4.78 is 10.0. The SMILES string of the molecule is CC(C)S(C)(C)CCCOCC(O)COC(=O)/C=C/C(=O)O. The summed E-state index contributed by atoms with van der Waals surface area (Å²) in [6, 6.07) is 0. The summed E-state index contributed by atoms with van der Waals surface area (Å²) in [7, 11) is -0.601. The molecule has 0 aromatic heterocycles. The second kappa shape index (κ2) is 10.6. The van der Waals surface area contributed by atoms with Crippen molar-refractivity contribution in [2.75, 3.05) is 38.1 Å². The Balaban J connectivity index is 3.72. The van der Waals surface area contributed by atoms with Crippen molar-refractivity contribution in [1.82, 2.24) is 0 Å². The van der Waals surface area contributed by atoms with E-state index >= 15 is 0 Å². The van der Waals surface area contributed by atoms with Crippen molar-refractivity contribution in [3.05, 3.63) is 12.2 Å². The Kier molecular flexibility index (Phi) is 10.1. The number of hydrogen-bond acceptors (Lipinski definition) is 5. The second-order valence-electron chi connectivity index (χ2n) is 5.76. The van der Waals surface area contributed by atoms with Gasteiger partial charge in [-0.1, -0.05) is 13.8 Å². The molecule has 7 heteroatoms. The van der Waals surface area contributed by atoms with Gasteiger partial charge in [0.1, 0.15) is 12.7 Å². The minimum Gasteiger partial charge on any atom is -0.478 e. The van der Waals surface area contributed by atoms with E-state index in [-0.39, 0.29) is 13.2 Å². The lowest BCUT2D eigenvalue weighted by atomic mass is 10.4. The van der Waals surface area contributed by atoms with Gasteiger partial charge in [-0.3, -0.25) is 0 Å². The molecular weight excluding hydrogens is 308 g/mol. The van der Waals surface area contributed by atoms with Crippen LogP contribution in [-0.4, -0.2) is 71.6 Å². The van der Waals surface area contributed by atoms with Gasteiger partial charge in [-0.2, -0.15) is 0 Å². The van der Waals surface area contributed by atoms with Crippen molar-refractivity contribution in [2.45, 2.75) is 31.6 Å². The molecule has 0 rings (SSSR count). The molecule has 0 spiro atoms. The largest absolute Gasteiger partial charge is 0.478 e. The predicted molar refractivity (Wildman–Crippen MR) is 88.6 cm³/mol. The van der Waals surface area contributed by atoms with Crippen LogP contribution in [0.4, 0.5) is 0 Å². The first-order valence-electron chi connectivity index (χ1n) is 7.18. The van der Waals surface area contributed by atoms with Gasteiger partial charge in [0.15, 0.2) is 0 Å². The first-order chi connectivity index (χ1) is 10.1. The van der Waals surface area contributed by atoms with Crippen LogP contribution in [0.1, 0.15) is 20.3 Å². The second-order valence-corrected chi connectivity index (χ2v) is 10.4. The normalized spacial score (nSPS) is 14.3. The van der Waals surface area contributed by atoms with E-state index in [0.717, 1.165) is 18.2 Å². The Morgan fingerprint density at radius 2 is 1.82 bits per heavy atom. The van der Waals surface area contributed by atoms with Crippen LogP contribution in [0.2, 0.25) is 0 Å². The van der Waals surface area contributed by atoms with Gasteiger partial charge in [-0.25, -0.2) is 19.6 Å². The zero-order valence-electron chi connectivity index (χ0n) is 13.8. The van der Waals surface area contributed by atoms with Crippen LogP contribution >= 0.6 is 10.0 Å². The number of aliphatic hydroxyl groups is 1. The maximum absolute atomic E-state index is 11.1. The van der Waals surface area contributed by atoms with E-state index in [1.807, 2.05) is 0 Å². The van der Waals surface area contributed by atoms with E-state index in [1.165, 1.54) is 0 Å². The van der Waals surface area contributed by atoms with Crippen molar-refractivity contribution < 1.29 is 29.3 Å². The molecule has 0 aliphatic rings. The molecule has 130 valence electrons. The van der Waals surface area contributed by atoms with Crippen LogP contribution in [0, 0.1) is 0 Å². The third-order valence-corrected chi connectivity index (χ3v) is 7.22. The highest BCUT2D eigenvalue weighted by atomic mass is 32.3. The Morgan fingerprint density at radius 3 is 2.36 bits per heavy atom. The minimum absolute atomic E-state index is 0.0906. The number of hydrogen-bond donors (Lipinski definition) is 2. The van der Waals surface area contributed by atoms with Crippen LogP contribution in [0.5, 0.6) is 0 Å². The number of carbonyl (C=O) groups is 2. The molecule has 0 saturated carbocycles. The molecule has 0 fully saturated rings. The average Bonchev–Trinajstić information content (AvgIpc) is 2.42. The molecule has 22 heavy (non-hydrogen) atoms. The monoisotopic (exact) mass is 336 g/mol. The lowest BCUT2D eigenvalue weighted by molar-refractivity contribution is -0.142. The fourth-order valence-electron chi connectivity index (χ4n) is 1.40. The number of esters is 1. The number of aliphatic carboxylic acids is 1. The number of aliphatic hydroxyl groups excluding tert-OH is 1. The first kappa shape index (κ1) is 20.9. The van der Waals surface area contributed by atoms with Gasteiger partial charge in [-0.15, -0.1) is 0 Å². The Labute approximate surface area is 133 Å². The topological polar surface area (TPSA) is 93.1 Å². The van der Waals surface area contributed by atoms with Gasteiger partial charge in [0.25, 0.3) is 0 Å². The summed E-state index contributed by atoms with van der Waals surface area (Å²) in [5, 5.41) is 18.6. The van der Waals surface area contributed by atoms with Crippen molar-refractivity contribution in [3.63, 3.8) is 0 Å². The smallest absolute Gasteiger partial charge is 0.331 e. The zero-order chi connectivity index (χ0) is 17.2. The molecule has 0 amide bonds. The van der Waals surface area contributed by atoms with E-state index in [9.17, 15) is 14.7 Å². The molecule has 0 radical (unpaired) electrons. The molecule has 2 N–H and O–H groups in total. The number of carbonyl (C=O) groups excluding carboxylic acids is 1. The molecule has 0 aliphatic carbocycles. The molecule has 0 aliphatic heterocycles. The summed E-state index contributed by atoms with van der Waals surface area (Å²) in [6.45, 7) is 4.90. The summed E-state index contributed by atoms with van der Waals surface area (Å²) in [5.74, 6) is -0.911. The molecule has 1 atom stereocenters. The van der Waals surface area contributed by atoms with Gasteiger partial charge in [0, 0.05) is 18.8 Å². The standard InChI is InChI=1S/C15H28O6S/c1-12(2)22(3,4)9-5-8-20-10-13(16)11-21-15(19)7-6-14(17)18/h6-7,12-13,16H,5,8-11H2,1-4H3,(H,17,18)/b7-6+. The lowest BCUT2D eigenvalue weighted by Gasteiger charge is -2.35. The molecule has 0 bridgehead atoms. The van der Waals surface area contributed by atoms with Gasteiger partial charge in [0.2, 0.25) is 0 Å². The maximum Gasteiger partial charge on any atom is 0.331 e. The van der Waals surface area contributed by atoms with Crippen molar-refractivity contribution >= 4 is 22.0 Å². The summed E-state index contributed by atoms with van der Waals surface area (Å²) in [6.07, 6.45) is 6.12. The fourth-order valence-corrected chi connectivity index (χ4v) is 2.74. The summed E-state index contributed by atoms with van der Waals surface area (Å²) >= 11 is 0. The van der Waals surface area contributed by atoms with E-state index in [4.69, 9.17) is 9.84 Å². The van der Waals surface area contributed by atoms with Crippen LogP contribution < -0.4 is 0 Å². The van der Waals surface area contributed by atoms with Crippen LogP contribution in [0.25, 0.3) is 0 Å². The van der Waals surface area contributed by atoms with E-state index in [1.54, 1.807) is 0 Å².